The molecule has 1 fully saturated rings. The number of carbonyl (C=O) groups is 1. The lowest BCUT2D eigenvalue weighted by atomic mass is 10.2. The summed E-state index contributed by atoms with van der Waals surface area (Å²) in [5, 5.41) is 2.80. The van der Waals surface area contributed by atoms with Crippen LogP contribution >= 0.6 is 0 Å². The lowest BCUT2D eigenvalue weighted by Gasteiger charge is -2.22. The van der Waals surface area contributed by atoms with Crippen molar-refractivity contribution in [3.8, 4) is 11.5 Å². The van der Waals surface area contributed by atoms with Gasteiger partial charge in [0, 0.05) is 23.8 Å². The highest BCUT2D eigenvalue weighted by Gasteiger charge is 2.30. The van der Waals surface area contributed by atoms with E-state index < -0.39 is 6.61 Å². The van der Waals surface area contributed by atoms with Gasteiger partial charge in [-0.1, -0.05) is 18.2 Å². The molecule has 0 aliphatic heterocycles. The van der Waals surface area contributed by atoms with E-state index in [-0.39, 0.29) is 18.2 Å². The topological polar surface area (TPSA) is 50.8 Å². The van der Waals surface area contributed by atoms with Crippen molar-refractivity contribution in [2.45, 2.75) is 32.0 Å². The van der Waals surface area contributed by atoms with Crippen LogP contribution < -0.4 is 14.8 Å². The first-order valence-electron chi connectivity index (χ1n) is 8.76. The lowest BCUT2D eigenvalue weighted by Crippen LogP contribution is -2.34. The number of methoxy groups -OCH3 is 1. The number of carbonyl (C=O) groups excluding carboxylic acids is 1. The molecule has 27 heavy (non-hydrogen) atoms. The minimum absolute atomic E-state index is 0.0544. The Labute approximate surface area is 156 Å². The van der Waals surface area contributed by atoms with Gasteiger partial charge in [0.15, 0.2) is 0 Å². The predicted octanol–water partition coefficient (Wildman–Crippen LogP) is 3.90. The maximum Gasteiger partial charge on any atom is 0.387 e. The molecule has 1 N–H and O–H groups in total. The summed E-state index contributed by atoms with van der Waals surface area (Å²) in [6.45, 7) is -1.99. The van der Waals surface area contributed by atoms with Gasteiger partial charge in [-0.05, 0) is 43.2 Å². The number of hydrogen-bond acceptors (Lipinski definition) is 4. The average Bonchev–Trinajstić information content (AvgIpc) is 3.48. The SMILES string of the molecule is COc1ccccc1CN(CC(=O)Nc1ccc(OC(F)F)cc1)C1CC1. The Morgan fingerprint density at radius 1 is 1.19 bits per heavy atom. The molecule has 0 heterocycles. The Bertz CT molecular complexity index is 764. The van der Waals surface area contributed by atoms with Crippen LogP contribution in [-0.4, -0.2) is 37.1 Å². The smallest absolute Gasteiger partial charge is 0.387 e. The molecule has 2 aromatic rings. The van der Waals surface area contributed by atoms with Gasteiger partial charge in [-0.2, -0.15) is 8.78 Å². The number of ether oxygens (including phenoxy) is 2. The highest BCUT2D eigenvalue weighted by Crippen LogP contribution is 2.30. The third-order valence-corrected chi connectivity index (χ3v) is 4.34. The monoisotopic (exact) mass is 376 g/mol. The number of hydrogen-bond donors (Lipinski definition) is 1. The van der Waals surface area contributed by atoms with Crippen LogP contribution in [0.3, 0.4) is 0 Å². The molecule has 0 radical (unpaired) electrons. The Hall–Kier alpha value is -2.67. The fourth-order valence-corrected chi connectivity index (χ4v) is 2.91. The molecule has 0 aromatic heterocycles. The minimum atomic E-state index is -2.87. The maximum absolute atomic E-state index is 12.4. The van der Waals surface area contributed by atoms with Crippen LogP contribution in [0.1, 0.15) is 18.4 Å². The number of benzene rings is 2. The summed E-state index contributed by atoms with van der Waals surface area (Å²) in [5.74, 6) is 0.705. The summed E-state index contributed by atoms with van der Waals surface area (Å²) < 4.78 is 34.1. The highest BCUT2D eigenvalue weighted by molar-refractivity contribution is 5.92. The van der Waals surface area contributed by atoms with Crippen molar-refractivity contribution < 1.29 is 23.0 Å². The molecule has 1 amide bonds. The van der Waals surface area contributed by atoms with Crippen LogP contribution in [0.2, 0.25) is 0 Å². The summed E-state index contributed by atoms with van der Waals surface area (Å²) in [6.07, 6.45) is 2.14. The molecule has 1 aliphatic rings. The van der Waals surface area contributed by atoms with Crippen LogP contribution in [0, 0.1) is 0 Å². The van der Waals surface area contributed by atoms with Gasteiger partial charge in [-0.3, -0.25) is 9.69 Å². The number of para-hydroxylation sites is 1. The Morgan fingerprint density at radius 2 is 1.89 bits per heavy atom. The molecule has 0 atom stereocenters. The number of anilines is 1. The van der Waals surface area contributed by atoms with Crippen molar-refractivity contribution in [3.63, 3.8) is 0 Å². The third kappa shape index (κ3) is 5.65. The van der Waals surface area contributed by atoms with Crippen molar-refractivity contribution in [1.82, 2.24) is 4.90 Å². The molecule has 144 valence electrons. The zero-order valence-corrected chi connectivity index (χ0v) is 15.0. The Balaban J connectivity index is 1.59. The van der Waals surface area contributed by atoms with E-state index in [1.165, 1.54) is 24.3 Å². The van der Waals surface area contributed by atoms with E-state index in [0.717, 1.165) is 24.2 Å². The molecule has 0 saturated heterocycles. The molecule has 0 bridgehead atoms. The number of rotatable bonds is 9. The normalized spacial score (nSPS) is 13.7. The van der Waals surface area contributed by atoms with E-state index in [0.29, 0.717) is 18.3 Å². The summed E-state index contributed by atoms with van der Waals surface area (Å²) in [5.41, 5.74) is 1.57. The first kappa shape index (κ1) is 19.1. The van der Waals surface area contributed by atoms with E-state index in [1.54, 1.807) is 7.11 Å². The molecule has 2 aromatic carbocycles. The standard InChI is InChI=1S/C20H22F2N2O3/c1-26-18-5-3-2-4-14(18)12-24(16-8-9-16)13-19(25)23-15-6-10-17(11-7-15)27-20(21)22/h2-7,10-11,16,20H,8-9,12-13H2,1H3,(H,23,25). The van der Waals surface area contributed by atoms with Gasteiger partial charge in [0.1, 0.15) is 11.5 Å². The summed E-state index contributed by atoms with van der Waals surface area (Å²) in [4.78, 5) is 14.6. The van der Waals surface area contributed by atoms with Gasteiger partial charge in [-0.15, -0.1) is 0 Å². The van der Waals surface area contributed by atoms with E-state index >= 15 is 0 Å². The molecule has 0 unspecified atom stereocenters. The summed E-state index contributed by atoms with van der Waals surface area (Å²) in [6, 6.07) is 14.0. The van der Waals surface area contributed by atoms with Gasteiger partial charge >= 0.3 is 6.61 Å². The van der Waals surface area contributed by atoms with Crippen molar-refractivity contribution in [3.05, 3.63) is 54.1 Å². The summed E-state index contributed by atoms with van der Waals surface area (Å²) in [7, 11) is 1.63. The largest absolute Gasteiger partial charge is 0.496 e. The summed E-state index contributed by atoms with van der Waals surface area (Å²) >= 11 is 0. The second-order valence-corrected chi connectivity index (χ2v) is 6.40. The van der Waals surface area contributed by atoms with Gasteiger partial charge < -0.3 is 14.8 Å². The highest BCUT2D eigenvalue weighted by atomic mass is 19.3. The van der Waals surface area contributed by atoms with E-state index in [2.05, 4.69) is 15.0 Å². The minimum Gasteiger partial charge on any atom is -0.496 e. The second kappa shape index (κ2) is 8.81. The molecule has 1 saturated carbocycles. The fourth-order valence-electron chi connectivity index (χ4n) is 2.91. The molecular formula is C20H22F2N2O3. The van der Waals surface area contributed by atoms with E-state index in [4.69, 9.17) is 4.74 Å². The van der Waals surface area contributed by atoms with Crippen LogP contribution in [0.5, 0.6) is 11.5 Å². The van der Waals surface area contributed by atoms with Gasteiger partial charge in [0.25, 0.3) is 0 Å². The van der Waals surface area contributed by atoms with Crippen molar-refractivity contribution in [1.29, 1.82) is 0 Å². The number of amides is 1. The van der Waals surface area contributed by atoms with Crippen LogP contribution in [0.4, 0.5) is 14.5 Å². The van der Waals surface area contributed by atoms with E-state index in [1.807, 2.05) is 24.3 Å². The van der Waals surface area contributed by atoms with Crippen LogP contribution in [0.15, 0.2) is 48.5 Å². The van der Waals surface area contributed by atoms with Crippen molar-refractivity contribution >= 4 is 11.6 Å². The van der Waals surface area contributed by atoms with Gasteiger partial charge in [0.2, 0.25) is 5.91 Å². The number of alkyl halides is 2. The number of nitrogens with one attached hydrogen (secondary N) is 1. The van der Waals surface area contributed by atoms with E-state index in [9.17, 15) is 13.6 Å². The maximum atomic E-state index is 12.4. The number of nitrogens with zero attached hydrogens (tertiary/aromatic N) is 1. The predicted molar refractivity (Wildman–Crippen MR) is 98.1 cm³/mol. The Morgan fingerprint density at radius 3 is 2.52 bits per heavy atom. The Kier molecular flexibility index (Phi) is 6.24. The number of halogens is 2. The van der Waals surface area contributed by atoms with Crippen LogP contribution in [-0.2, 0) is 11.3 Å². The fraction of sp³-hybridized carbons (Fsp3) is 0.350. The third-order valence-electron chi connectivity index (χ3n) is 4.34. The molecule has 7 heteroatoms. The molecule has 5 nitrogen and oxygen atoms in total. The van der Waals surface area contributed by atoms with Crippen molar-refractivity contribution in [2.24, 2.45) is 0 Å². The zero-order valence-electron chi connectivity index (χ0n) is 15.0. The average molecular weight is 376 g/mol. The molecule has 3 rings (SSSR count). The molecule has 1 aliphatic carbocycles. The van der Waals surface area contributed by atoms with Gasteiger partial charge in [0.05, 0.1) is 13.7 Å². The second-order valence-electron chi connectivity index (χ2n) is 6.40. The molecule has 0 spiro atoms. The van der Waals surface area contributed by atoms with Gasteiger partial charge in [-0.25, -0.2) is 0 Å². The zero-order chi connectivity index (χ0) is 19.2. The lowest BCUT2D eigenvalue weighted by molar-refractivity contribution is -0.117. The first-order valence-corrected chi connectivity index (χ1v) is 8.76. The quantitative estimate of drug-likeness (QED) is 0.721. The first-order chi connectivity index (χ1) is 13.0. The van der Waals surface area contributed by atoms with Crippen molar-refractivity contribution in [2.75, 3.05) is 19.0 Å². The van der Waals surface area contributed by atoms with Crippen LogP contribution in [0.25, 0.3) is 0 Å². The molecular weight excluding hydrogens is 354 g/mol.